The van der Waals surface area contributed by atoms with Crippen molar-refractivity contribution in [1.29, 1.82) is 0 Å². The maximum atomic E-state index is 13.6. The predicted octanol–water partition coefficient (Wildman–Crippen LogP) is 4.63. The molecule has 0 unspecified atom stereocenters. The molecule has 16 heteroatoms. The van der Waals surface area contributed by atoms with E-state index in [4.69, 9.17) is 21.6 Å². The number of aryl methyl sites for hydroxylation is 1. The van der Waals surface area contributed by atoms with Gasteiger partial charge in [-0.1, -0.05) is 18.5 Å². The number of hydrogen-bond acceptors (Lipinski definition) is 10. The predicted molar refractivity (Wildman–Crippen MR) is 173 cm³/mol. The topological polar surface area (TPSA) is 131 Å². The number of aromatic hydroxyl groups is 1. The van der Waals surface area contributed by atoms with Gasteiger partial charge in [0.1, 0.15) is 18.7 Å². The largest absolute Gasteiger partial charge is 0.504 e. The van der Waals surface area contributed by atoms with Crippen molar-refractivity contribution >= 4 is 40.7 Å². The van der Waals surface area contributed by atoms with Crippen LogP contribution < -0.4 is 15.1 Å². The number of nitrogens with one attached hydrogen (secondary N) is 1. The van der Waals surface area contributed by atoms with Gasteiger partial charge in [0.2, 0.25) is 5.91 Å². The summed E-state index contributed by atoms with van der Waals surface area (Å²) in [6, 6.07) is 2.78. The number of halogens is 4. The summed E-state index contributed by atoms with van der Waals surface area (Å²) in [6.45, 7) is 4.83. The van der Waals surface area contributed by atoms with Crippen LogP contribution in [0.1, 0.15) is 53.6 Å². The maximum Gasteiger partial charge on any atom is 0.416 e. The normalized spacial score (nSPS) is 17.0. The zero-order valence-corrected chi connectivity index (χ0v) is 27.7. The van der Waals surface area contributed by atoms with Crippen molar-refractivity contribution in [2.45, 2.75) is 51.2 Å². The number of anilines is 3. The van der Waals surface area contributed by atoms with Crippen LogP contribution in [0.4, 0.5) is 30.5 Å². The summed E-state index contributed by atoms with van der Waals surface area (Å²) < 4.78 is 39.5. The van der Waals surface area contributed by atoms with Crippen molar-refractivity contribution in [1.82, 2.24) is 29.7 Å². The van der Waals surface area contributed by atoms with Crippen LogP contribution in [0.5, 0.6) is 5.75 Å². The second-order valence-corrected chi connectivity index (χ2v) is 12.8. The Bertz CT molecular complexity index is 1810. The molecule has 2 fully saturated rings. The Morgan fingerprint density at radius 1 is 1.15 bits per heavy atom. The number of fused-ring (bicyclic) bond motifs is 1. The van der Waals surface area contributed by atoms with E-state index in [0.29, 0.717) is 55.5 Å². The zero-order valence-electron chi connectivity index (χ0n) is 26.9. The SMILES string of the molecule is CCC1=C(N2CCN(C(=O)c3ncnc(C)c3O)C3(CC3)C2)Cc2nc(N(C)C)cnc2N1CC(=O)Nc1ccc(C(F)(F)F)cc1Cl. The molecule has 0 radical (unpaired) electrons. The van der Waals surface area contributed by atoms with Crippen LogP contribution in [-0.4, -0.2) is 92.5 Å². The lowest BCUT2D eigenvalue weighted by atomic mass is 10.0. The van der Waals surface area contributed by atoms with Gasteiger partial charge in [-0.25, -0.2) is 19.9 Å². The lowest BCUT2D eigenvalue weighted by molar-refractivity contribution is -0.137. The summed E-state index contributed by atoms with van der Waals surface area (Å²) in [7, 11) is 3.72. The molecule has 2 N–H and O–H groups in total. The van der Waals surface area contributed by atoms with Crippen molar-refractivity contribution in [3.05, 3.63) is 69.8 Å². The van der Waals surface area contributed by atoms with E-state index in [1.54, 1.807) is 22.9 Å². The first kappa shape index (κ1) is 33.2. The van der Waals surface area contributed by atoms with Crippen LogP contribution in [-0.2, 0) is 17.4 Å². The Kier molecular flexibility index (Phi) is 8.60. The summed E-state index contributed by atoms with van der Waals surface area (Å²) >= 11 is 6.13. The number of allylic oxidation sites excluding steroid dienone is 2. The van der Waals surface area contributed by atoms with Gasteiger partial charge in [-0.3, -0.25) is 9.59 Å². The number of hydrogen-bond donors (Lipinski definition) is 2. The first-order valence-corrected chi connectivity index (χ1v) is 15.9. The minimum absolute atomic E-state index is 0.0147. The highest BCUT2D eigenvalue weighted by atomic mass is 35.5. The number of carbonyl (C=O) groups is 2. The molecule has 12 nitrogen and oxygen atoms in total. The van der Waals surface area contributed by atoms with E-state index in [9.17, 15) is 27.9 Å². The summed E-state index contributed by atoms with van der Waals surface area (Å²) in [6.07, 6.45) is 0.898. The molecule has 1 aliphatic carbocycles. The zero-order chi connectivity index (χ0) is 34.5. The molecule has 2 aliphatic heterocycles. The van der Waals surface area contributed by atoms with Crippen LogP contribution >= 0.6 is 11.6 Å². The molecule has 1 spiro atoms. The van der Waals surface area contributed by atoms with Gasteiger partial charge in [-0.15, -0.1) is 0 Å². The van der Waals surface area contributed by atoms with E-state index >= 15 is 0 Å². The molecule has 1 aromatic carbocycles. The number of benzene rings is 1. The summed E-state index contributed by atoms with van der Waals surface area (Å²) in [5.74, 6) is 0.0997. The Hall–Kier alpha value is -4.66. The third-order valence-corrected chi connectivity index (χ3v) is 9.35. The quantitative estimate of drug-likeness (QED) is 0.363. The van der Waals surface area contributed by atoms with Crippen molar-refractivity contribution in [2.24, 2.45) is 0 Å². The van der Waals surface area contributed by atoms with E-state index in [1.807, 2.05) is 25.9 Å². The molecular weight excluding hydrogens is 651 g/mol. The number of nitrogens with zero attached hydrogens (tertiary/aromatic N) is 8. The number of rotatable bonds is 7. The van der Waals surface area contributed by atoms with E-state index in [0.717, 1.165) is 42.4 Å². The molecule has 6 rings (SSSR count). The van der Waals surface area contributed by atoms with Gasteiger partial charge < -0.3 is 30.0 Å². The molecular formula is C32H35ClF3N9O3. The highest BCUT2D eigenvalue weighted by Crippen LogP contribution is 2.47. The molecule has 0 bridgehead atoms. The minimum atomic E-state index is -4.57. The standard InChI is InChI=1S/C32H35ClF3N9O3/c1-5-23-24(43-10-11-45(31(16-43)8-9-31)30(48)27-28(47)18(2)38-17-39-27)13-22-29(37-14-25(40-22)42(3)4)44(23)15-26(46)41-21-7-6-19(12-20(21)33)32(34,35)36/h6-7,12,14,17,47H,5,8-11,13,15-16H2,1-4H3,(H,41,46). The van der Waals surface area contributed by atoms with Crippen molar-refractivity contribution in [2.75, 3.05) is 55.4 Å². The summed E-state index contributed by atoms with van der Waals surface area (Å²) in [5.41, 5.74) is 1.49. The molecule has 3 aliphatic rings. The van der Waals surface area contributed by atoms with Gasteiger partial charge in [-0.2, -0.15) is 13.2 Å². The molecule has 2 aromatic heterocycles. The molecule has 1 saturated carbocycles. The van der Waals surface area contributed by atoms with Gasteiger partial charge in [0, 0.05) is 51.5 Å². The minimum Gasteiger partial charge on any atom is -0.504 e. The lowest BCUT2D eigenvalue weighted by Crippen LogP contribution is -2.57. The molecule has 4 heterocycles. The van der Waals surface area contributed by atoms with Gasteiger partial charge in [0.05, 0.1) is 39.4 Å². The van der Waals surface area contributed by atoms with Crippen molar-refractivity contribution in [3.63, 3.8) is 0 Å². The highest BCUT2D eigenvalue weighted by Gasteiger charge is 2.54. The molecule has 2 amide bonds. The van der Waals surface area contributed by atoms with E-state index in [2.05, 4.69) is 20.2 Å². The number of aromatic nitrogens is 4. The second-order valence-electron chi connectivity index (χ2n) is 12.4. The fraction of sp³-hybridized carbons (Fsp3) is 0.438. The van der Waals surface area contributed by atoms with Gasteiger partial charge in [0.25, 0.3) is 5.91 Å². The molecule has 0 atom stereocenters. The Morgan fingerprint density at radius 2 is 1.90 bits per heavy atom. The fourth-order valence-corrected chi connectivity index (χ4v) is 6.58. The van der Waals surface area contributed by atoms with E-state index in [-0.39, 0.29) is 34.6 Å². The van der Waals surface area contributed by atoms with Crippen LogP contribution in [0.3, 0.4) is 0 Å². The average Bonchev–Trinajstić information content (AvgIpc) is 3.80. The molecule has 1 saturated heterocycles. The van der Waals surface area contributed by atoms with Crippen molar-refractivity contribution in [3.8, 4) is 5.75 Å². The Morgan fingerprint density at radius 3 is 2.54 bits per heavy atom. The first-order chi connectivity index (χ1) is 22.7. The first-order valence-electron chi connectivity index (χ1n) is 15.5. The van der Waals surface area contributed by atoms with Crippen LogP contribution in [0.15, 0.2) is 42.1 Å². The highest BCUT2D eigenvalue weighted by molar-refractivity contribution is 6.33. The third-order valence-electron chi connectivity index (χ3n) is 9.04. The van der Waals surface area contributed by atoms with Gasteiger partial charge >= 0.3 is 6.18 Å². The number of piperazine rings is 1. The average molecular weight is 686 g/mol. The Balaban J connectivity index is 1.29. The van der Waals surface area contributed by atoms with Gasteiger partial charge in [-0.05, 0) is 44.4 Å². The Labute approximate surface area is 280 Å². The monoisotopic (exact) mass is 685 g/mol. The van der Waals surface area contributed by atoms with Crippen LogP contribution in [0, 0.1) is 6.92 Å². The number of carbonyl (C=O) groups excluding carboxylic acids is 2. The second kappa shape index (κ2) is 12.4. The smallest absolute Gasteiger partial charge is 0.416 e. The number of alkyl halides is 3. The van der Waals surface area contributed by atoms with E-state index < -0.39 is 23.2 Å². The summed E-state index contributed by atoms with van der Waals surface area (Å²) in [4.78, 5) is 52.4. The van der Waals surface area contributed by atoms with E-state index in [1.165, 1.54) is 6.33 Å². The maximum absolute atomic E-state index is 13.6. The molecule has 3 aromatic rings. The van der Waals surface area contributed by atoms with Crippen LogP contribution in [0.25, 0.3) is 0 Å². The molecule has 254 valence electrons. The van der Waals surface area contributed by atoms with Crippen molar-refractivity contribution < 1.29 is 27.9 Å². The number of amides is 2. The summed E-state index contributed by atoms with van der Waals surface area (Å²) in [5, 5.41) is 12.9. The third kappa shape index (κ3) is 6.18. The van der Waals surface area contributed by atoms with Crippen LogP contribution in [0.2, 0.25) is 5.02 Å². The lowest BCUT2D eigenvalue weighted by Gasteiger charge is -2.46. The van der Waals surface area contributed by atoms with Gasteiger partial charge in [0.15, 0.2) is 17.3 Å². The fourth-order valence-electron chi connectivity index (χ4n) is 6.35. The molecule has 48 heavy (non-hydrogen) atoms.